The summed E-state index contributed by atoms with van der Waals surface area (Å²) in [6.45, 7) is 4.48. The van der Waals surface area contributed by atoms with Crippen molar-refractivity contribution in [2.45, 2.75) is 50.1 Å². The number of likely N-dealkylation sites (N-methyl/N-ethyl adjacent to an activating group) is 1. The molecule has 24 heavy (non-hydrogen) atoms. The zero-order valence-electron chi connectivity index (χ0n) is 14.8. The standard InChI is InChI=1S/C18H28N4O2/c1-20-8-5-14(6-9-20)22-10-7-15(11-22)21(2)18(23)16-12-24-19-17(16)13-3-4-13/h12-15H,3-11H2,1-2H3. The molecule has 0 bridgehead atoms. The van der Waals surface area contributed by atoms with Gasteiger partial charge in [-0.15, -0.1) is 0 Å². The van der Waals surface area contributed by atoms with Crippen LogP contribution in [-0.2, 0) is 0 Å². The predicted molar refractivity (Wildman–Crippen MR) is 91.1 cm³/mol. The second kappa shape index (κ2) is 6.48. The van der Waals surface area contributed by atoms with Gasteiger partial charge in [-0.25, -0.2) is 0 Å². The number of hydrogen-bond acceptors (Lipinski definition) is 5. The molecule has 1 saturated carbocycles. The highest BCUT2D eigenvalue weighted by Crippen LogP contribution is 2.41. The molecule has 1 aromatic rings. The average molecular weight is 332 g/mol. The van der Waals surface area contributed by atoms with Crippen molar-refractivity contribution in [3.8, 4) is 0 Å². The minimum absolute atomic E-state index is 0.0772. The van der Waals surface area contributed by atoms with Crippen LogP contribution < -0.4 is 0 Å². The van der Waals surface area contributed by atoms with Gasteiger partial charge in [0.25, 0.3) is 5.91 Å². The first-order valence-corrected chi connectivity index (χ1v) is 9.27. The molecule has 0 N–H and O–H groups in total. The molecule has 1 amide bonds. The van der Waals surface area contributed by atoms with E-state index in [1.165, 1.54) is 32.2 Å². The van der Waals surface area contributed by atoms with Crippen LogP contribution in [0.4, 0.5) is 0 Å². The van der Waals surface area contributed by atoms with Crippen molar-refractivity contribution in [2.24, 2.45) is 0 Å². The molecule has 6 nitrogen and oxygen atoms in total. The third-order valence-corrected chi connectivity index (χ3v) is 6.06. The maximum Gasteiger partial charge on any atom is 0.259 e. The summed E-state index contributed by atoms with van der Waals surface area (Å²) < 4.78 is 5.09. The third-order valence-electron chi connectivity index (χ3n) is 6.06. The molecule has 0 radical (unpaired) electrons. The summed E-state index contributed by atoms with van der Waals surface area (Å²) in [5.74, 6) is 0.517. The zero-order chi connectivity index (χ0) is 16.7. The van der Waals surface area contributed by atoms with Crippen LogP contribution in [-0.4, -0.2) is 78.1 Å². The Bertz CT molecular complexity index is 590. The topological polar surface area (TPSA) is 52.8 Å². The Labute approximate surface area is 143 Å². The first-order valence-electron chi connectivity index (χ1n) is 9.27. The Hall–Kier alpha value is -1.40. The van der Waals surface area contributed by atoms with E-state index in [1.54, 1.807) is 0 Å². The molecular formula is C18H28N4O2. The van der Waals surface area contributed by atoms with Crippen LogP contribution in [0.2, 0.25) is 0 Å². The SMILES string of the molecule is CN1CCC(N2CCC(N(C)C(=O)c3conc3C3CC3)C2)CC1. The Morgan fingerprint density at radius 3 is 2.67 bits per heavy atom. The molecule has 2 aliphatic heterocycles. The van der Waals surface area contributed by atoms with Gasteiger partial charge in [0.1, 0.15) is 11.8 Å². The highest BCUT2D eigenvalue weighted by atomic mass is 16.5. The average Bonchev–Trinajstić information content (AvgIpc) is 3.13. The van der Waals surface area contributed by atoms with Crippen molar-refractivity contribution >= 4 is 5.91 Å². The van der Waals surface area contributed by atoms with Crippen molar-refractivity contribution < 1.29 is 9.32 Å². The first-order chi connectivity index (χ1) is 11.6. The highest BCUT2D eigenvalue weighted by Gasteiger charge is 2.36. The van der Waals surface area contributed by atoms with E-state index in [-0.39, 0.29) is 5.91 Å². The highest BCUT2D eigenvalue weighted by molar-refractivity contribution is 5.95. The fraction of sp³-hybridized carbons (Fsp3) is 0.778. The number of likely N-dealkylation sites (tertiary alicyclic amines) is 2. The molecular weight excluding hydrogens is 304 g/mol. The van der Waals surface area contributed by atoms with Gasteiger partial charge < -0.3 is 14.3 Å². The largest absolute Gasteiger partial charge is 0.364 e. The van der Waals surface area contributed by atoms with E-state index in [1.807, 2.05) is 11.9 Å². The Kier molecular flexibility index (Phi) is 4.35. The summed E-state index contributed by atoms with van der Waals surface area (Å²) >= 11 is 0. The van der Waals surface area contributed by atoms with E-state index in [4.69, 9.17) is 4.52 Å². The number of carbonyl (C=O) groups is 1. The molecule has 1 atom stereocenters. The smallest absolute Gasteiger partial charge is 0.259 e. The van der Waals surface area contributed by atoms with Crippen molar-refractivity contribution in [3.63, 3.8) is 0 Å². The van der Waals surface area contributed by atoms with Crippen LogP contribution in [0.25, 0.3) is 0 Å². The minimum Gasteiger partial charge on any atom is -0.364 e. The molecule has 132 valence electrons. The van der Waals surface area contributed by atoms with Crippen molar-refractivity contribution in [3.05, 3.63) is 17.5 Å². The molecule has 0 aromatic carbocycles. The maximum atomic E-state index is 12.9. The lowest BCUT2D eigenvalue weighted by atomic mass is 10.0. The summed E-state index contributed by atoms with van der Waals surface area (Å²) in [6, 6.07) is 0.992. The van der Waals surface area contributed by atoms with Gasteiger partial charge in [-0.2, -0.15) is 0 Å². The molecule has 1 aliphatic carbocycles. The van der Waals surface area contributed by atoms with Crippen LogP contribution >= 0.6 is 0 Å². The number of rotatable bonds is 4. The molecule has 4 rings (SSSR count). The second-order valence-corrected chi connectivity index (χ2v) is 7.78. The summed E-state index contributed by atoms with van der Waals surface area (Å²) in [5, 5.41) is 4.07. The normalized spacial score (nSPS) is 26.8. The fourth-order valence-corrected chi connectivity index (χ4v) is 4.19. The Morgan fingerprint density at radius 1 is 1.21 bits per heavy atom. The van der Waals surface area contributed by atoms with Crippen LogP contribution in [0, 0.1) is 0 Å². The molecule has 3 heterocycles. The van der Waals surface area contributed by atoms with Gasteiger partial charge in [0.15, 0.2) is 0 Å². The van der Waals surface area contributed by atoms with E-state index >= 15 is 0 Å². The minimum atomic E-state index is 0.0772. The van der Waals surface area contributed by atoms with Gasteiger partial charge >= 0.3 is 0 Å². The summed E-state index contributed by atoms with van der Waals surface area (Å²) in [4.78, 5) is 19.8. The van der Waals surface area contributed by atoms with Gasteiger partial charge in [-0.1, -0.05) is 5.16 Å². The summed E-state index contributed by atoms with van der Waals surface area (Å²) in [6.07, 6.45) is 7.36. The predicted octanol–water partition coefficient (Wildman–Crippen LogP) is 1.79. The first kappa shape index (κ1) is 16.1. The zero-order valence-corrected chi connectivity index (χ0v) is 14.8. The Morgan fingerprint density at radius 2 is 1.96 bits per heavy atom. The van der Waals surface area contributed by atoms with Crippen molar-refractivity contribution in [2.75, 3.05) is 40.3 Å². The lowest BCUT2D eigenvalue weighted by molar-refractivity contribution is 0.0719. The van der Waals surface area contributed by atoms with Gasteiger partial charge in [0.05, 0.1) is 5.69 Å². The Balaban J connectivity index is 1.37. The third kappa shape index (κ3) is 3.09. The number of carbonyl (C=O) groups excluding carboxylic acids is 1. The molecule has 6 heteroatoms. The maximum absolute atomic E-state index is 12.9. The van der Waals surface area contributed by atoms with E-state index in [9.17, 15) is 4.79 Å². The molecule has 3 fully saturated rings. The van der Waals surface area contributed by atoms with Crippen LogP contribution in [0.1, 0.15) is 54.1 Å². The molecule has 2 saturated heterocycles. The van der Waals surface area contributed by atoms with Crippen molar-refractivity contribution in [1.29, 1.82) is 0 Å². The van der Waals surface area contributed by atoms with Gasteiger partial charge in [-0.05, 0) is 52.2 Å². The number of hydrogen-bond donors (Lipinski definition) is 0. The fourth-order valence-electron chi connectivity index (χ4n) is 4.19. The van der Waals surface area contributed by atoms with Gasteiger partial charge in [-0.3, -0.25) is 9.69 Å². The number of nitrogens with zero attached hydrogens (tertiary/aromatic N) is 4. The van der Waals surface area contributed by atoms with E-state index in [0.717, 1.165) is 38.0 Å². The van der Waals surface area contributed by atoms with E-state index in [2.05, 4.69) is 22.0 Å². The van der Waals surface area contributed by atoms with Gasteiger partial charge in [0.2, 0.25) is 0 Å². The van der Waals surface area contributed by atoms with Crippen LogP contribution in [0.3, 0.4) is 0 Å². The van der Waals surface area contributed by atoms with E-state index in [0.29, 0.717) is 23.6 Å². The van der Waals surface area contributed by atoms with Crippen LogP contribution in [0.5, 0.6) is 0 Å². The molecule has 1 unspecified atom stereocenters. The lowest BCUT2D eigenvalue weighted by Crippen LogP contribution is -2.45. The second-order valence-electron chi connectivity index (χ2n) is 7.78. The number of piperidine rings is 1. The number of aromatic nitrogens is 1. The monoisotopic (exact) mass is 332 g/mol. The number of amides is 1. The lowest BCUT2D eigenvalue weighted by Gasteiger charge is -2.35. The van der Waals surface area contributed by atoms with E-state index < -0.39 is 0 Å². The van der Waals surface area contributed by atoms with Crippen molar-refractivity contribution in [1.82, 2.24) is 19.9 Å². The summed E-state index contributed by atoms with van der Waals surface area (Å²) in [7, 11) is 4.14. The molecule has 3 aliphatic rings. The van der Waals surface area contributed by atoms with Gasteiger partial charge in [0, 0.05) is 38.1 Å². The molecule has 1 aromatic heterocycles. The molecule has 0 spiro atoms. The van der Waals surface area contributed by atoms with Crippen LogP contribution in [0.15, 0.2) is 10.8 Å². The quantitative estimate of drug-likeness (QED) is 0.841. The summed E-state index contributed by atoms with van der Waals surface area (Å²) in [5.41, 5.74) is 1.55.